The summed E-state index contributed by atoms with van der Waals surface area (Å²) in [5.41, 5.74) is 1.62. The summed E-state index contributed by atoms with van der Waals surface area (Å²) in [6.07, 6.45) is 5.13. The van der Waals surface area contributed by atoms with Crippen LogP contribution in [0.5, 0.6) is 0 Å². The van der Waals surface area contributed by atoms with Gasteiger partial charge >= 0.3 is 0 Å². The summed E-state index contributed by atoms with van der Waals surface area (Å²) in [4.78, 5) is 13.2. The van der Waals surface area contributed by atoms with Crippen molar-refractivity contribution >= 4 is 17.5 Å². The van der Waals surface area contributed by atoms with Gasteiger partial charge in [-0.2, -0.15) is 0 Å². The van der Waals surface area contributed by atoms with Crippen LogP contribution in [-0.4, -0.2) is 24.4 Å². The smallest absolute Gasteiger partial charge is 0.254 e. The SMILES string of the molecule is C#CCN(C)C(=O)c1ccc(CCl)cc1. The number of benzene rings is 1. The van der Waals surface area contributed by atoms with Crippen LogP contribution < -0.4 is 0 Å². The molecule has 1 rings (SSSR count). The van der Waals surface area contributed by atoms with E-state index in [-0.39, 0.29) is 5.91 Å². The van der Waals surface area contributed by atoms with Crippen LogP contribution in [0, 0.1) is 12.3 Å². The molecule has 0 aromatic heterocycles. The van der Waals surface area contributed by atoms with Gasteiger partial charge in [0.2, 0.25) is 0 Å². The molecule has 0 heterocycles. The maximum atomic E-state index is 11.7. The molecule has 15 heavy (non-hydrogen) atoms. The fourth-order valence-electron chi connectivity index (χ4n) is 1.17. The van der Waals surface area contributed by atoms with Gasteiger partial charge in [0.15, 0.2) is 0 Å². The van der Waals surface area contributed by atoms with Crippen LogP contribution in [-0.2, 0) is 5.88 Å². The van der Waals surface area contributed by atoms with E-state index in [4.69, 9.17) is 18.0 Å². The first-order valence-electron chi connectivity index (χ1n) is 4.53. The van der Waals surface area contributed by atoms with Gasteiger partial charge in [-0.25, -0.2) is 0 Å². The van der Waals surface area contributed by atoms with Gasteiger partial charge in [0.1, 0.15) is 0 Å². The Morgan fingerprint density at radius 2 is 2.07 bits per heavy atom. The molecule has 0 fully saturated rings. The average Bonchev–Trinajstić information content (AvgIpc) is 2.28. The van der Waals surface area contributed by atoms with Gasteiger partial charge in [-0.05, 0) is 17.7 Å². The molecule has 0 aliphatic carbocycles. The Labute approximate surface area is 94.8 Å². The van der Waals surface area contributed by atoms with Crippen molar-refractivity contribution in [1.82, 2.24) is 4.90 Å². The highest BCUT2D eigenvalue weighted by Crippen LogP contribution is 2.08. The van der Waals surface area contributed by atoms with E-state index in [1.54, 1.807) is 19.2 Å². The topological polar surface area (TPSA) is 20.3 Å². The fraction of sp³-hybridized carbons (Fsp3) is 0.250. The third-order valence-electron chi connectivity index (χ3n) is 2.03. The summed E-state index contributed by atoms with van der Waals surface area (Å²) in [7, 11) is 1.68. The minimum Gasteiger partial charge on any atom is -0.331 e. The molecule has 0 aliphatic heterocycles. The van der Waals surface area contributed by atoms with Crippen LogP contribution in [0.3, 0.4) is 0 Å². The summed E-state index contributed by atoms with van der Waals surface area (Å²) >= 11 is 5.65. The van der Waals surface area contributed by atoms with Crippen molar-refractivity contribution < 1.29 is 4.79 Å². The van der Waals surface area contributed by atoms with Gasteiger partial charge in [0.05, 0.1) is 6.54 Å². The predicted octanol–water partition coefficient (Wildman–Crippen LogP) is 2.13. The first kappa shape index (κ1) is 11.6. The summed E-state index contributed by atoms with van der Waals surface area (Å²) < 4.78 is 0. The molecule has 0 N–H and O–H groups in total. The number of halogens is 1. The molecule has 0 saturated carbocycles. The van der Waals surface area contributed by atoms with Gasteiger partial charge in [0, 0.05) is 18.5 Å². The predicted molar refractivity (Wildman–Crippen MR) is 61.8 cm³/mol. The van der Waals surface area contributed by atoms with Gasteiger partial charge in [-0.15, -0.1) is 18.0 Å². The Morgan fingerprint density at radius 3 is 2.53 bits per heavy atom. The first-order chi connectivity index (χ1) is 7.19. The van der Waals surface area contributed by atoms with Crippen molar-refractivity contribution in [2.24, 2.45) is 0 Å². The number of terminal acetylenes is 1. The zero-order valence-corrected chi connectivity index (χ0v) is 9.29. The zero-order valence-electron chi connectivity index (χ0n) is 8.53. The molecule has 1 aromatic carbocycles. The Kier molecular flexibility index (Phi) is 4.20. The Bertz CT molecular complexity index is 378. The van der Waals surface area contributed by atoms with Crippen LogP contribution in [0.2, 0.25) is 0 Å². The molecule has 0 bridgehead atoms. The maximum absolute atomic E-state index is 11.7. The molecule has 1 aromatic rings. The number of carbonyl (C=O) groups is 1. The lowest BCUT2D eigenvalue weighted by Gasteiger charge is -2.13. The maximum Gasteiger partial charge on any atom is 0.254 e. The van der Waals surface area contributed by atoms with E-state index in [0.29, 0.717) is 18.0 Å². The van der Waals surface area contributed by atoms with E-state index in [1.807, 2.05) is 12.1 Å². The van der Waals surface area contributed by atoms with Crippen molar-refractivity contribution in [2.75, 3.05) is 13.6 Å². The Balaban J connectivity index is 2.79. The zero-order chi connectivity index (χ0) is 11.3. The van der Waals surface area contributed by atoms with Crippen molar-refractivity contribution in [3.05, 3.63) is 35.4 Å². The van der Waals surface area contributed by atoms with E-state index in [0.717, 1.165) is 5.56 Å². The van der Waals surface area contributed by atoms with Crippen LogP contribution in [0.1, 0.15) is 15.9 Å². The lowest BCUT2D eigenvalue weighted by atomic mass is 10.1. The molecule has 0 saturated heterocycles. The highest BCUT2D eigenvalue weighted by Gasteiger charge is 2.09. The molecular formula is C12H12ClNO. The van der Waals surface area contributed by atoms with E-state index < -0.39 is 0 Å². The number of hydrogen-bond donors (Lipinski definition) is 0. The van der Waals surface area contributed by atoms with E-state index in [9.17, 15) is 4.79 Å². The lowest BCUT2D eigenvalue weighted by molar-refractivity contribution is 0.0812. The van der Waals surface area contributed by atoms with Crippen LogP contribution in [0.25, 0.3) is 0 Å². The van der Waals surface area contributed by atoms with Gasteiger partial charge in [-0.3, -0.25) is 4.79 Å². The molecule has 0 unspecified atom stereocenters. The quantitative estimate of drug-likeness (QED) is 0.566. The molecule has 78 valence electrons. The average molecular weight is 222 g/mol. The fourth-order valence-corrected chi connectivity index (χ4v) is 1.34. The third-order valence-corrected chi connectivity index (χ3v) is 2.34. The summed E-state index contributed by atoms with van der Waals surface area (Å²) in [5.74, 6) is 2.80. The molecule has 0 atom stereocenters. The number of carbonyl (C=O) groups excluding carboxylic acids is 1. The number of hydrogen-bond acceptors (Lipinski definition) is 1. The van der Waals surface area contributed by atoms with E-state index in [2.05, 4.69) is 5.92 Å². The number of nitrogens with zero attached hydrogens (tertiary/aromatic N) is 1. The van der Waals surface area contributed by atoms with Crippen LogP contribution >= 0.6 is 11.6 Å². The molecular weight excluding hydrogens is 210 g/mol. The second-order valence-electron chi connectivity index (χ2n) is 3.20. The molecule has 1 amide bonds. The van der Waals surface area contributed by atoms with E-state index in [1.165, 1.54) is 4.90 Å². The van der Waals surface area contributed by atoms with Gasteiger partial charge in [0.25, 0.3) is 5.91 Å². The third kappa shape index (κ3) is 3.00. The van der Waals surface area contributed by atoms with Gasteiger partial charge < -0.3 is 4.90 Å². The van der Waals surface area contributed by atoms with E-state index >= 15 is 0 Å². The Morgan fingerprint density at radius 1 is 1.47 bits per heavy atom. The highest BCUT2D eigenvalue weighted by atomic mass is 35.5. The highest BCUT2D eigenvalue weighted by molar-refractivity contribution is 6.17. The monoisotopic (exact) mass is 221 g/mol. The minimum absolute atomic E-state index is 0.0749. The molecule has 0 spiro atoms. The number of amides is 1. The minimum atomic E-state index is -0.0749. The lowest BCUT2D eigenvalue weighted by Crippen LogP contribution is -2.26. The molecule has 3 heteroatoms. The van der Waals surface area contributed by atoms with Crippen LogP contribution in [0.4, 0.5) is 0 Å². The van der Waals surface area contributed by atoms with Crippen molar-refractivity contribution in [2.45, 2.75) is 5.88 Å². The van der Waals surface area contributed by atoms with Crippen molar-refractivity contribution in [1.29, 1.82) is 0 Å². The normalized spacial score (nSPS) is 9.40. The Hall–Kier alpha value is -1.46. The summed E-state index contributed by atoms with van der Waals surface area (Å²) in [6.45, 7) is 0.316. The van der Waals surface area contributed by atoms with Crippen LogP contribution in [0.15, 0.2) is 24.3 Å². The standard InChI is InChI=1S/C12H12ClNO/c1-3-8-14(2)12(15)11-6-4-10(9-13)5-7-11/h1,4-7H,8-9H2,2H3. The number of rotatable bonds is 3. The first-order valence-corrected chi connectivity index (χ1v) is 5.06. The largest absolute Gasteiger partial charge is 0.331 e. The summed E-state index contributed by atoms with van der Waals surface area (Å²) in [6, 6.07) is 7.19. The van der Waals surface area contributed by atoms with Crippen molar-refractivity contribution in [3.8, 4) is 12.3 Å². The second kappa shape index (κ2) is 5.43. The molecule has 2 nitrogen and oxygen atoms in total. The molecule has 0 radical (unpaired) electrons. The summed E-state index contributed by atoms with van der Waals surface area (Å²) in [5, 5.41) is 0. The molecule has 0 aliphatic rings. The van der Waals surface area contributed by atoms with Gasteiger partial charge in [-0.1, -0.05) is 18.1 Å². The number of alkyl halides is 1. The second-order valence-corrected chi connectivity index (χ2v) is 3.46. The van der Waals surface area contributed by atoms with Crippen molar-refractivity contribution in [3.63, 3.8) is 0 Å².